The van der Waals surface area contributed by atoms with E-state index in [0.717, 1.165) is 9.80 Å². The Morgan fingerprint density at radius 1 is 0.500 bits per heavy atom. The summed E-state index contributed by atoms with van der Waals surface area (Å²) < 4.78 is 23.3. The maximum atomic E-state index is 14.2. The summed E-state index contributed by atoms with van der Waals surface area (Å²) in [4.78, 5) is 87.4. The first-order valence-electron chi connectivity index (χ1n) is 18.9. The number of rotatable bonds is 8. The molecule has 4 atom stereocenters. The van der Waals surface area contributed by atoms with Gasteiger partial charge in [-0.2, -0.15) is 0 Å². The molecule has 292 valence electrons. The molecule has 0 saturated carbocycles. The number of fused-ring (bicyclic) bond motifs is 2. The van der Waals surface area contributed by atoms with Crippen LogP contribution < -0.4 is 0 Å². The highest BCUT2D eigenvalue weighted by molar-refractivity contribution is 6.23. The van der Waals surface area contributed by atoms with Gasteiger partial charge in [-0.25, -0.2) is 0 Å². The lowest BCUT2D eigenvalue weighted by molar-refractivity contribution is -0.140. The number of carbonyl (C=O) groups is 6. The van der Waals surface area contributed by atoms with Crippen LogP contribution in [0, 0.1) is 11.8 Å². The van der Waals surface area contributed by atoms with Gasteiger partial charge in [0, 0.05) is 26.2 Å². The molecule has 54 heavy (non-hydrogen) atoms. The van der Waals surface area contributed by atoms with Gasteiger partial charge >= 0.3 is 0 Å². The molecule has 6 amide bonds. The van der Waals surface area contributed by atoms with E-state index in [1.54, 1.807) is 58.3 Å². The van der Waals surface area contributed by atoms with Crippen LogP contribution in [0.15, 0.2) is 48.5 Å². The Bertz CT molecular complexity index is 1470. The molecule has 0 unspecified atom stereocenters. The summed E-state index contributed by atoms with van der Waals surface area (Å²) in [5, 5.41) is 0. The van der Waals surface area contributed by atoms with Crippen molar-refractivity contribution in [3.63, 3.8) is 0 Å². The van der Waals surface area contributed by atoms with Crippen LogP contribution in [0.4, 0.5) is 0 Å². The Hall–Kier alpha value is -4.50. The maximum Gasteiger partial charge on any atom is 0.262 e. The summed E-state index contributed by atoms with van der Waals surface area (Å²) in [5.74, 6) is -3.20. The minimum Gasteiger partial charge on any atom is -0.377 e. The summed E-state index contributed by atoms with van der Waals surface area (Å²) in [6, 6.07) is 11.2. The van der Waals surface area contributed by atoms with Crippen LogP contribution in [0.2, 0.25) is 0 Å². The van der Waals surface area contributed by atoms with Gasteiger partial charge in [-0.3, -0.25) is 38.6 Å². The molecule has 0 aromatic heterocycles. The maximum absolute atomic E-state index is 14.2. The second-order valence-electron chi connectivity index (χ2n) is 13.8. The number of nitrogens with zero attached hydrogens (tertiary/aromatic N) is 4. The summed E-state index contributed by atoms with van der Waals surface area (Å²) in [5.41, 5.74) is 1.17. The number of hydrogen-bond acceptors (Lipinski definition) is 10. The molecular weight excluding hydrogens is 696 g/mol. The molecule has 0 aliphatic carbocycles. The third-order valence-corrected chi connectivity index (χ3v) is 10.5. The van der Waals surface area contributed by atoms with Crippen LogP contribution >= 0.6 is 0 Å². The van der Waals surface area contributed by atoms with Crippen molar-refractivity contribution in [2.45, 2.75) is 52.6 Å². The predicted octanol–water partition coefficient (Wildman–Crippen LogP) is 3.15. The highest BCUT2D eigenvalue weighted by Gasteiger charge is 2.47. The molecule has 14 nitrogen and oxygen atoms in total. The SMILES string of the molecule is CC[C@H](C)[C@H](C(=O)N1CCOCCOCCN(C(=O)[C@@H]([C@@H](C)CC)N2C(=O)c3ccccc3C2=O)CCOCCOCC1)N1C(=O)c2ccccc2C1=O. The Morgan fingerprint density at radius 3 is 1.00 bits per heavy atom. The van der Waals surface area contributed by atoms with Gasteiger partial charge in [0.25, 0.3) is 23.6 Å². The van der Waals surface area contributed by atoms with Gasteiger partial charge in [-0.15, -0.1) is 0 Å². The Kier molecular flexibility index (Phi) is 14.5. The summed E-state index contributed by atoms with van der Waals surface area (Å²) >= 11 is 0. The third-order valence-electron chi connectivity index (χ3n) is 10.5. The molecule has 2 aromatic carbocycles. The predicted molar refractivity (Wildman–Crippen MR) is 197 cm³/mol. The highest BCUT2D eigenvalue weighted by atomic mass is 16.5. The molecule has 0 radical (unpaired) electrons. The van der Waals surface area contributed by atoms with Crippen molar-refractivity contribution in [1.82, 2.24) is 19.6 Å². The number of benzene rings is 2. The second-order valence-corrected chi connectivity index (χ2v) is 13.8. The van der Waals surface area contributed by atoms with Crippen LogP contribution in [-0.2, 0) is 28.5 Å². The molecule has 3 heterocycles. The first-order valence-corrected chi connectivity index (χ1v) is 18.9. The molecule has 14 heteroatoms. The smallest absolute Gasteiger partial charge is 0.262 e. The second kappa shape index (κ2) is 19.2. The van der Waals surface area contributed by atoms with Gasteiger partial charge in [0.05, 0.1) is 75.1 Å². The van der Waals surface area contributed by atoms with Gasteiger partial charge in [-0.05, 0) is 36.1 Å². The fourth-order valence-electron chi connectivity index (χ4n) is 6.97. The monoisotopic (exact) mass is 748 g/mol. The number of hydrogen-bond donors (Lipinski definition) is 0. The average molecular weight is 749 g/mol. The van der Waals surface area contributed by atoms with Gasteiger partial charge < -0.3 is 28.7 Å². The zero-order chi connectivity index (χ0) is 38.8. The molecule has 0 bridgehead atoms. The molecule has 3 aliphatic heterocycles. The number of ether oxygens (including phenoxy) is 4. The lowest BCUT2D eigenvalue weighted by Crippen LogP contribution is -2.55. The largest absolute Gasteiger partial charge is 0.377 e. The van der Waals surface area contributed by atoms with Crippen LogP contribution in [0.25, 0.3) is 0 Å². The van der Waals surface area contributed by atoms with E-state index in [1.807, 2.05) is 27.7 Å². The first-order chi connectivity index (χ1) is 26.1. The van der Waals surface area contributed by atoms with E-state index < -0.39 is 35.7 Å². The zero-order valence-corrected chi connectivity index (χ0v) is 31.7. The van der Waals surface area contributed by atoms with Crippen molar-refractivity contribution < 1.29 is 47.7 Å². The van der Waals surface area contributed by atoms with E-state index in [-0.39, 0.29) is 103 Å². The number of carbonyl (C=O) groups excluding carboxylic acids is 6. The van der Waals surface area contributed by atoms with Gasteiger partial charge in [0.1, 0.15) is 12.1 Å². The molecule has 0 N–H and O–H groups in total. The van der Waals surface area contributed by atoms with Gasteiger partial charge in [0.15, 0.2) is 0 Å². The van der Waals surface area contributed by atoms with Gasteiger partial charge in [0.2, 0.25) is 11.8 Å². The molecule has 1 saturated heterocycles. The molecular formula is C40H52N4O10. The summed E-state index contributed by atoms with van der Waals surface area (Å²) in [7, 11) is 0. The minimum atomic E-state index is -0.991. The van der Waals surface area contributed by atoms with Crippen LogP contribution in [0.5, 0.6) is 0 Å². The van der Waals surface area contributed by atoms with E-state index in [1.165, 1.54) is 0 Å². The fraction of sp³-hybridized carbons (Fsp3) is 0.550. The van der Waals surface area contributed by atoms with E-state index in [4.69, 9.17) is 18.9 Å². The molecule has 1 fully saturated rings. The van der Waals surface area contributed by atoms with Gasteiger partial charge in [-0.1, -0.05) is 64.8 Å². The zero-order valence-electron chi connectivity index (χ0n) is 31.7. The lowest BCUT2D eigenvalue weighted by Gasteiger charge is -2.35. The molecule has 2 aromatic rings. The third kappa shape index (κ3) is 8.89. The van der Waals surface area contributed by atoms with E-state index in [2.05, 4.69) is 0 Å². The minimum absolute atomic E-state index is 0.176. The molecule has 0 spiro atoms. The van der Waals surface area contributed by atoms with Crippen LogP contribution in [0.3, 0.4) is 0 Å². The standard InChI is InChI=1S/C40H52N4O10/c1-5-27(3)33(43-35(45)29-11-7-8-12-30(29)36(43)46)39(49)41-15-19-51-23-25-53-21-17-42(18-22-54-26-24-52-20-16-41)40(50)34(28(4)6-2)44-37(47)31-13-9-10-14-32(31)38(44)48/h7-14,27-28,33-34H,5-6,15-26H2,1-4H3/t27-,28-,33+,34+/m0/s1. The van der Waals surface area contributed by atoms with Crippen molar-refractivity contribution in [3.05, 3.63) is 70.8 Å². The molecule has 3 aliphatic rings. The average Bonchev–Trinajstić information content (AvgIpc) is 3.58. The quantitative estimate of drug-likeness (QED) is 0.369. The first kappa shape index (κ1) is 40.7. The lowest BCUT2D eigenvalue weighted by atomic mass is 9.96. The molecule has 5 rings (SSSR count). The van der Waals surface area contributed by atoms with Crippen molar-refractivity contribution in [3.8, 4) is 0 Å². The fourth-order valence-corrected chi connectivity index (χ4v) is 6.97. The van der Waals surface area contributed by atoms with E-state index in [9.17, 15) is 28.8 Å². The Morgan fingerprint density at radius 2 is 0.759 bits per heavy atom. The summed E-state index contributed by atoms with van der Waals surface area (Å²) in [6.45, 7) is 9.93. The van der Waals surface area contributed by atoms with Crippen molar-refractivity contribution in [2.75, 3.05) is 79.0 Å². The van der Waals surface area contributed by atoms with E-state index >= 15 is 0 Å². The van der Waals surface area contributed by atoms with Crippen LogP contribution in [0.1, 0.15) is 82.0 Å². The normalized spacial score (nSPS) is 20.5. The summed E-state index contributed by atoms with van der Waals surface area (Å²) in [6.07, 6.45) is 1.15. The van der Waals surface area contributed by atoms with Crippen molar-refractivity contribution in [1.29, 1.82) is 0 Å². The topological polar surface area (TPSA) is 152 Å². The Balaban J connectivity index is 1.21. The van der Waals surface area contributed by atoms with E-state index in [0.29, 0.717) is 35.1 Å². The highest BCUT2D eigenvalue weighted by Crippen LogP contribution is 2.31. The Labute approximate surface area is 316 Å². The van der Waals surface area contributed by atoms with Crippen molar-refractivity contribution in [2.24, 2.45) is 11.8 Å². The number of imide groups is 2. The number of amides is 6. The van der Waals surface area contributed by atoms with Crippen molar-refractivity contribution >= 4 is 35.4 Å². The van der Waals surface area contributed by atoms with Crippen LogP contribution in [-0.4, -0.2) is 146 Å².